The van der Waals surface area contributed by atoms with Gasteiger partial charge in [0.2, 0.25) is 0 Å². The van der Waals surface area contributed by atoms with E-state index in [9.17, 15) is 21.0 Å². The van der Waals surface area contributed by atoms with E-state index in [1.807, 2.05) is 0 Å². The molecular formula is C14H15N3O9S3. The van der Waals surface area contributed by atoms with E-state index in [4.69, 9.17) is 18.0 Å². The van der Waals surface area contributed by atoms with Crippen LogP contribution in [-0.2, 0) is 31.5 Å². The number of benzene rings is 2. The van der Waals surface area contributed by atoms with Crippen LogP contribution in [0.4, 0.5) is 11.4 Å². The molecule has 0 saturated carbocycles. The van der Waals surface area contributed by atoms with E-state index in [0.29, 0.717) is 11.8 Å². The van der Waals surface area contributed by atoms with Gasteiger partial charge in [0.1, 0.15) is 11.5 Å². The molecule has 0 heterocycles. The van der Waals surface area contributed by atoms with Crippen molar-refractivity contribution in [1.82, 2.24) is 0 Å². The fourth-order valence-electron chi connectivity index (χ4n) is 2.04. The molecule has 0 saturated heterocycles. The number of hydrogen-bond acceptors (Lipinski definition) is 9. The molecule has 29 heavy (non-hydrogen) atoms. The van der Waals surface area contributed by atoms with Crippen molar-refractivity contribution in [2.24, 2.45) is 10.2 Å². The van der Waals surface area contributed by atoms with Gasteiger partial charge < -0.3 is 8.92 Å². The van der Waals surface area contributed by atoms with E-state index in [-0.39, 0.29) is 11.4 Å². The lowest BCUT2D eigenvalue weighted by molar-refractivity contribution is 0.417. The van der Waals surface area contributed by atoms with Crippen LogP contribution < -0.4 is 13.6 Å². The number of nitrogens with zero attached hydrogens (tertiary/aromatic N) is 2. The minimum Gasteiger partial charge on any atom is -0.495 e. The summed E-state index contributed by atoms with van der Waals surface area (Å²) in [7, 11) is -6.87. The smallest absolute Gasteiger partial charge is 0.316 e. The Morgan fingerprint density at radius 1 is 1.00 bits per heavy atom. The number of ether oxygens (including phenoxy) is 1. The van der Waals surface area contributed by atoms with Gasteiger partial charge >= 0.3 is 11.3 Å². The Hall–Kier alpha value is -2.59. The maximum absolute atomic E-state index is 12.3. The molecule has 1 unspecified atom stereocenters. The van der Waals surface area contributed by atoms with Crippen molar-refractivity contribution < 1.29 is 39.1 Å². The average Bonchev–Trinajstić information content (AvgIpc) is 2.60. The van der Waals surface area contributed by atoms with Crippen molar-refractivity contribution in [3.8, 4) is 11.5 Å². The fourth-order valence-corrected chi connectivity index (χ4v) is 3.85. The van der Waals surface area contributed by atoms with Crippen molar-refractivity contribution in [2.45, 2.75) is 9.79 Å². The zero-order valence-electron chi connectivity index (χ0n) is 14.8. The van der Waals surface area contributed by atoms with Crippen LogP contribution in [0.25, 0.3) is 0 Å². The van der Waals surface area contributed by atoms with Crippen molar-refractivity contribution in [2.75, 3.05) is 18.9 Å². The molecule has 12 nitrogen and oxygen atoms in total. The Morgan fingerprint density at radius 2 is 1.59 bits per heavy atom. The SMILES string of the molecule is CN=Nc1ccc(OC)c(NS(=O)Oc2cc(S(=O)(=O)O)cc(S(=O)(=O)O)c2)c1. The molecule has 0 aliphatic rings. The van der Waals surface area contributed by atoms with Gasteiger partial charge in [0.15, 0.2) is 0 Å². The highest BCUT2D eigenvalue weighted by Gasteiger charge is 2.20. The van der Waals surface area contributed by atoms with Crippen molar-refractivity contribution in [1.29, 1.82) is 0 Å². The van der Waals surface area contributed by atoms with Gasteiger partial charge in [-0.05, 0) is 24.3 Å². The van der Waals surface area contributed by atoms with Gasteiger partial charge in [-0.2, -0.15) is 31.3 Å². The van der Waals surface area contributed by atoms with Gasteiger partial charge in [-0.1, -0.05) is 0 Å². The summed E-state index contributed by atoms with van der Waals surface area (Å²) in [6.45, 7) is 0. The topological polar surface area (TPSA) is 181 Å². The second kappa shape index (κ2) is 8.83. The number of anilines is 1. The third kappa shape index (κ3) is 6.20. The van der Waals surface area contributed by atoms with E-state index < -0.39 is 47.0 Å². The fraction of sp³-hybridized carbons (Fsp3) is 0.143. The Balaban J connectivity index is 2.37. The van der Waals surface area contributed by atoms with Crippen LogP contribution in [0.5, 0.6) is 11.5 Å². The summed E-state index contributed by atoms with van der Waals surface area (Å²) in [5.41, 5.74) is 0.575. The third-order valence-corrected chi connectivity index (χ3v) is 5.61. The van der Waals surface area contributed by atoms with Crippen molar-refractivity contribution in [3.05, 3.63) is 36.4 Å². The normalized spacial score (nSPS) is 13.2. The van der Waals surface area contributed by atoms with Crippen LogP contribution in [0, 0.1) is 0 Å². The third-order valence-electron chi connectivity index (χ3n) is 3.21. The summed E-state index contributed by atoms with van der Waals surface area (Å²) in [4.78, 5) is -1.77. The van der Waals surface area contributed by atoms with Gasteiger partial charge in [0.05, 0.1) is 28.3 Å². The van der Waals surface area contributed by atoms with Crippen LogP contribution in [0.15, 0.2) is 56.4 Å². The molecule has 0 aliphatic carbocycles. The lowest BCUT2D eigenvalue weighted by atomic mass is 10.2. The molecule has 15 heteroatoms. The zero-order valence-corrected chi connectivity index (χ0v) is 17.3. The Bertz CT molecular complexity index is 1130. The highest BCUT2D eigenvalue weighted by Crippen LogP contribution is 2.30. The van der Waals surface area contributed by atoms with Gasteiger partial charge in [0, 0.05) is 19.2 Å². The summed E-state index contributed by atoms with van der Waals surface area (Å²) < 4.78 is 88.4. The number of rotatable bonds is 8. The predicted octanol–water partition coefficient (Wildman–Crippen LogP) is 1.97. The molecule has 0 radical (unpaired) electrons. The molecule has 3 N–H and O–H groups in total. The zero-order chi connectivity index (χ0) is 21.8. The van der Waals surface area contributed by atoms with E-state index in [1.165, 1.54) is 26.3 Å². The molecule has 2 aromatic carbocycles. The highest BCUT2D eigenvalue weighted by molar-refractivity contribution is 7.86. The summed E-state index contributed by atoms with van der Waals surface area (Å²) in [5, 5.41) is 7.42. The largest absolute Gasteiger partial charge is 0.495 e. The van der Waals surface area contributed by atoms with Crippen molar-refractivity contribution >= 4 is 42.9 Å². The number of methoxy groups -OCH3 is 1. The monoisotopic (exact) mass is 465 g/mol. The van der Waals surface area contributed by atoms with Gasteiger partial charge in [-0.15, -0.1) is 0 Å². The molecule has 0 aliphatic heterocycles. The van der Waals surface area contributed by atoms with Crippen LogP contribution in [0.1, 0.15) is 0 Å². The molecule has 0 bridgehead atoms. The molecule has 0 fully saturated rings. The van der Waals surface area contributed by atoms with E-state index in [1.54, 1.807) is 6.07 Å². The first kappa shape index (κ1) is 22.7. The molecule has 0 spiro atoms. The average molecular weight is 465 g/mol. The van der Waals surface area contributed by atoms with E-state index in [0.717, 1.165) is 12.1 Å². The minimum absolute atomic E-state index is 0.177. The summed E-state index contributed by atoms with van der Waals surface area (Å²) >= 11 is -2.37. The van der Waals surface area contributed by atoms with Crippen LogP contribution in [0.3, 0.4) is 0 Å². The Kier molecular flexibility index (Phi) is 6.91. The molecule has 0 aromatic heterocycles. The van der Waals surface area contributed by atoms with Gasteiger partial charge in [0.25, 0.3) is 20.2 Å². The van der Waals surface area contributed by atoms with Gasteiger partial charge in [-0.3, -0.25) is 13.8 Å². The van der Waals surface area contributed by atoms with E-state index in [2.05, 4.69) is 15.0 Å². The molecule has 158 valence electrons. The standard InChI is InChI=1S/C14H15N3O9S3/c1-15-16-9-3-4-14(25-2)13(5-9)17-27(18)26-10-6-11(28(19,20)21)8-12(7-10)29(22,23)24/h3-8,17H,1-2H3,(H,19,20,21)(H,22,23,24). The Morgan fingerprint density at radius 3 is 2.07 bits per heavy atom. The molecule has 0 amide bonds. The summed E-state index contributed by atoms with van der Waals surface area (Å²) in [6.07, 6.45) is 0. The number of nitrogens with one attached hydrogen (secondary N) is 1. The van der Waals surface area contributed by atoms with Gasteiger partial charge in [-0.25, -0.2) is 0 Å². The quantitative estimate of drug-likeness (QED) is 0.388. The first-order chi connectivity index (χ1) is 13.4. The van der Waals surface area contributed by atoms with Crippen LogP contribution in [0.2, 0.25) is 0 Å². The van der Waals surface area contributed by atoms with Crippen LogP contribution in [-0.4, -0.2) is 44.3 Å². The second-order valence-electron chi connectivity index (χ2n) is 5.19. The second-order valence-corrected chi connectivity index (χ2v) is 8.88. The molecule has 2 aromatic rings. The maximum atomic E-state index is 12.3. The highest BCUT2D eigenvalue weighted by atomic mass is 32.2. The first-order valence-electron chi connectivity index (χ1n) is 7.38. The lowest BCUT2D eigenvalue weighted by Crippen LogP contribution is -2.13. The van der Waals surface area contributed by atoms with Crippen LogP contribution >= 0.6 is 0 Å². The molecule has 2 rings (SSSR count). The minimum atomic E-state index is -4.84. The summed E-state index contributed by atoms with van der Waals surface area (Å²) in [6, 6.07) is 6.49. The number of hydrogen-bond donors (Lipinski definition) is 3. The first-order valence-corrected chi connectivity index (χ1v) is 11.3. The number of azo groups is 1. The molecular weight excluding hydrogens is 450 g/mol. The lowest BCUT2D eigenvalue weighted by Gasteiger charge is -2.12. The maximum Gasteiger partial charge on any atom is 0.316 e. The predicted molar refractivity (Wildman–Crippen MR) is 102 cm³/mol. The summed E-state index contributed by atoms with van der Waals surface area (Å²) in [5.74, 6) is -0.260. The molecule has 1 atom stereocenters. The van der Waals surface area contributed by atoms with E-state index >= 15 is 0 Å². The van der Waals surface area contributed by atoms with Crippen molar-refractivity contribution in [3.63, 3.8) is 0 Å². The Labute approximate surface area is 168 Å².